The van der Waals surface area contributed by atoms with Crippen molar-refractivity contribution in [3.05, 3.63) is 0 Å². The smallest absolute Gasteiger partial charge is 0.233 e. The van der Waals surface area contributed by atoms with Gasteiger partial charge in [-0.25, -0.2) is 0 Å². The Morgan fingerprint density at radius 1 is 1.29 bits per heavy atom. The van der Waals surface area contributed by atoms with E-state index >= 15 is 0 Å². The standard InChI is InChI=1S/C12H26N4O/c1-10(2)11(9-14-12(17)8-13)16-6-4-15(3)5-7-16/h10-11H,4-9,13H2,1-3H3,(H,14,17). The van der Waals surface area contributed by atoms with Crippen molar-refractivity contribution in [1.29, 1.82) is 0 Å². The van der Waals surface area contributed by atoms with Gasteiger partial charge in [0.15, 0.2) is 0 Å². The van der Waals surface area contributed by atoms with E-state index in [1.165, 1.54) is 0 Å². The second kappa shape index (κ2) is 6.93. The van der Waals surface area contributed by atoms with Crippen LogP contribution in [-0.4, -0.2) is 68.1 Å². The molecule has 3 N–H and O–H groups in total. The van der Waals surface area contributed by atoms with Crippen LogP contribution in [0, 0.1) is 5.92 Å². The Balaban J connectivity index is 2.45. The summed E-state index contributed by atoms with van der Waals surface area (Å²) in [6.45, 7) is 9.57. The molecule has 1 aliphatic heterocycles. The number of nitrogens with two attached hydrogens (primary N) is 1. The average Bonchev–Trinajstić information content (AvgIpc) is 2.31. The molecule has 5 heteroatoms. The van der Waals surface area contributed by atoms with Crippen molar-refractivity contribution >= 4 is 5.91 Å². The molecular weight excluding hydrogens is 216 g/mol. The van der Waals surface area contributed by atoms with Crippen molar-refractivity contribution in [3.63, 3.8) is 0 Å². The van der Waals surface area contributed by atoms with Gasteiger partial charge in [0.1, 0.15) is 0 Å². The summed E-state index contributed by atoms with van der Waals surface area (Å²) >= 11 is 0. The number of hydrogen-bond donors (Lipinski definition) is 2. The van der Waals surface area contributed by atoms with E-state index in [0.29, 0.717) is 18.5 Å². The van der Waals surface area contributed by atoms with Gasteiger partial charge in [0.25, 0.3) is 0 Å². The van der Waals surface area contributed by atoms with Gasteiger partial charge in [-0.2, -0.15) is 0 Å². The van der Waals surface area contributed by atoms with E-state index < -0.39 is 0 Å². The Kier molecular flexibility index (Phi) is 5.88. The Hall–Kier alpha value is -0.650. The highest BCUT2D eigenvalue weighted by atomic mass is 16.1. The molecule has 0 bridgehead atoms. The van der Waals surface area contributed by atoms with Gasteiger partial charge in [-0.1, -0.05) is 13.8 Å². The van der Waals surface area contributed by atoms with Crippen LogP contribution in [0.1, 0.15) is 13.8 Å². The molecule has 5 nitrogen and oxygen atoms in total. The van der Waals surface area contributed by atoms with E-state index in [2.05, 4.69) is 36.0 Å². The minimum absolute atomic E-state index is 0.0650. The number of rotatable bonds is 5. The topological polar surface area (TPSA) is 61.6 Å². The first-order chi connectivity index (χ1) is 8.04. The minimum Gasteiger partial charge on any atom is -0.353 e. The fourth-order valence-electron chi connectivity index (χ4n) is 2.23. The number of nitrogens with zero attached hydrogens (tertiary/aromatic N) is 2. The molecule has 100 valence electrons. The third-order valence-corrected chi connectivity index (χ3v) is 3.47. The van der Waals surface area contributed by atoms with Crippen molar-refractivity contribution in [2.75, 3.05) is 46.3 Å². The number of carbonyl (C=O) groups excluding carboxylic acids is 1. The van der Waals surface area contributed by atoms with Crippen LogP contribution in [0.2, 0.25) is 0 Å². The molecule has 17 heavy (non-hydrogen) atoms. The number of hydrogen-bond acceptors (Lipinski definition) is 4. The Morgan fingerprint density at radius 3 is 2.35 bits per heavy atom. The molecular formula is C12H26N4O. The molecule has 0 aliphatic carbocycles. The van der Waals surface area contributed by atoms with Crippen LogP contribution >= 0.6 is 0 Å². The lowest BCUT2D eigenvalue weighted by atomic mass is 10.0. The lowest BCUT2D eigenvalue weighted by molar-refractivity contribution is -0.120. The average molecular weight is 242 g/mol. The van der Waals surface area contributed by atoms with Crippen LogP contribution in [0.3, 0.4) is 0 Å². The fraction of sp³-hybridized carbons (Fsp3) is 0.917. The summed E-state index contributed by atoms with van der Waals surface area (Å²) in [5.41, 5.74) is 5.30. The monoisotopic (exact) mass is 242 g/mol. The van der Waals surface area contributed by atoms with Crippen molar-refractivity contribution in [2.45, 2.75) is 19.9 Å². The largest absolute Gasteiger partial charge is 0.353 e. The molecule has 1 amide bonds. The minimum atomic E-state index is -0.0650. The zero-order valence-corrected chi connectivity index (χ0v) is 11.3. The second-order valence-electron chi connectivity index (χ2n) is 5.16. The van der Waals surface area contributed by atoms with Gasteiger partial charge >= 0.3 is 0 Å². The maximum atomic E-state index is 11.2. The van der Waals surface area contributed by atoms with Gasteiger partial charge in [-0.15, -0.1) is 0 Å². The highest BCUT2D eigenvalue weighted by Crippen LogP contribution is 2.12. The SMILES string of the molecule is CC(C)C(CNC(=O)CN)N1CCN(C)CC1. The highest BCUT2D eigenvalue weighted by molar-refractivity contribution is 5.77. The quantitative estimate of drug-likeness (QED) is 0.671. The predicted octanol–water partition coefficient (Wildman–Crippen LogP) is -0.667. The molecule has 1 unspecified atom stereocenters. The van der Waals surface area contributed by atoms with Gasteiger partial charge in [-0.3, -0.25) is 9.69 Å². The van der Waals surface area contributed by atoms with Gasteiger partial charge in [0.2, 0.25) is 5.91 Å². The molecule has 1 heterocycles. The van der Waals surface area contributed by atoms with E-state index in [0.717, 1.165) is 26.2 Å². The van der Waals surface area contributed by atoms with E-state index in [1.807, 2.05) is 0 Å². The van der Waals surface area contributed by atoms with Gasteiger partial charge in [0, 0.05) is 38.8 Å². The number of carbonyl (C=O) groups is 1. The molecule has 1 rings (SSSR count). The first-order valence-corrected chi connectivity index (χ1v) is 6.44. The van der Waals surface area contributed by atoms with Crippen LogP contribution in [0.4, 0.5) is 0 Å². The second-order valence-corrected chi connectivity index (χ2v) is 5.16. The Bertz CT molecular complexity index is 237. The van der Waals surface area contributed by atoms with E-state index in [1.54, 1.807) is 0 Å². The third-order valence-electron chi connectivity index (χ3n) is 3.47. The predicted molar refractivity (Wildman–Crippen MR) is 69.8 cm³/mol. The molecule has 0 aromatic rings. The summed E-state index contributed by atoms with van der Waals surface area (Å²) in [6.07, 6.45) is 0. The molecule has 0 spiro atoms. The number of amides is 1. The maximum Gasteiger partial charge on any atom is 0.233 e. The summed E-state index contributed by atoms with van der Waals surface area (Å²) in [5.74, 6) is 0.473. The van der Waals surface area contributed by atoms with Crippen LogP contribution in [0.5, 0.6) is 0 Å². The van der Waals surface area contributed by atoms with Gasteiger partial charge in [-0.05, 0) is 13.0 Å². The van der Waals surface area contributed by atoms with E-state index in [9.17, 15) is 4.79 Å². The molecule has 1 fully saturated rings. The van der Waals surface area contributed by atoms with Crippen LogP contribution < -0.4 is 11.1 Å². The van der Waals surface area contributed by atoms with Crippen molar-refractivity contribution in [1.82, 2.24) is 15.1 Å². The molecule has 0 aromatic carbocycles. The van der Waals surface area contributed by atoms with Crippen molar-refractivity contribution in [3.8, 4) is 0 Å². The third kappa shape index (κ3) is 4.61. The van der Waals surface area contributed by atoms with Crippen LogP contribution in [0.25, 0.3) is 0 Å². The molecule has 1 aliphatic rings. The van der Waals surface area contributed by atoms with Crippen molar-refractivity contribution < 1.29 is 4.79 Å². The molecule has 1 atom stereocenters. The van der Waals surface area contributed by atoms with Gasteiger partial charge in [0.05, 0.1) is 6.54 Å². The highest BCUT2D eigenvalue weighted by Gasteiger charge is 2.24. The van der Waals surface area contributed by atoms with E-state index in [4.69, 9.17) is 5.73 Å². The van der Waals surface area contributed by atoms with Crippen LogP contribution in [0.15, 0.2) is 0 Å². The Morgan fingerprint density at radius 2 is 1.88 bits per heavy atom. The lowest BCUT2D eigenvalue weighted by Crippen LogP contribution is -2.54. The summed E-state index contributed by atoms with van der Waals surface area (Å²) in [7, 11) is 2.15. The number of nitrogens with one attached hydrogen (secondary N) is 1. The molecule has 0 saturated carbocycles. The first-order valence-electron chi connectivity index (χ1n) is 6.44. The normalized spacial score (nSPS) is 20.5. The summed E-state index contributed by atoms with van der Waals surface area (Å²) in [5, 5.41) is 2.90. The maximum absolute atomic E-state index is 11.2. The van der Waals surface area contributed by atoms with Crippen molar-refractivity contribution in [2.24, 2.45) is 11.7 Å². The zero-order valence-electron chi connectivity index (χ0n) is 11.3. The number of piperazine rings is 1. The van der Waals surface area contributed by atoms with E-state index in [-0.39, 0.29) is 12.5 Å². The first kappa shape index (κ1) is 14.4. The lowest BCUT2D eigenvalue weighted by Gasteiger charge is -2.39. The van der Waals surface area contributed by atoms with Crippen LogP contribution in [-0.2, 0) is 4.79 Å². The zero-order chi connectivity index (χ0) is 12.8. The summed E-state index contributed by atoms with van der Waals surface area (Å²) in [6, 6.07) is 0.416. The molecule has 0 aromatic heterocycles. The molecule has 1 saturated heterocycles. The number of likely N-dealkylation sites (N-methyl/N-ethyl adjacent to an activating group) is 1. The fourth-order valence-corrected chi connectivity index (χ4v) is 2.23. The molecule has 0 radical (unpaired) electrons. The Labute approximate surface area is 104 Å². The van der Waals surface area contributed by atoms with Gasteiger partial charge < -0.3 is 16.0 Å². The summed E-state index contributed by atoms with van der Waals surface area (Å²) < 4.78 is 0. The summed E-state index contributed by atoms with van der Waals surface area (Å²) in [4.78, 5) is 16.0.